The van der Waals surface area contributed by atoms with E-state index < -0.39 is 0 Å². The highest BCUT2D eigenvalue weighted by Crippen LogP contribution is 2.19. The number of nitrogens with zero attached hydrogens (tertiary/aromatic N) is 2. The smallest absolute Gasteiger partial charge is 0.193 e. The number of rotatable bonds is 4. The molecule has 0 atom stereocenters. The molecule has 3 N–H and O–H groups in total. The Kier molecular flexibility index (Phi) is 6.94. The van der Waals surface area contributed by atoms with Crippen molar-refractivity contribution >= 4 is 47.0 Å². The van der Waals surface area contributed by atoms with Crippen LogP contribution < -0.4 is 11.1 Å². The van der Waals surface area contributed by atoms with Crippen molar-refractivity contribution in [3.05, 3.63) is 46.4 Å². The summed E-state index contributed by atoms with van der Waals surface area (Å²) in [4.78, 5) is 8.81. The van der Waals surface area contributed by atoms with Gasteiger partial charge in [0.2, 0.25) is 0 Å². The van der Waals surface area contributed by atoms with Gasteiger partial charge in [0.15, 0.2) is 5.96 Å². The van der Waals surface area contributed by atoms with Crippen LogP contribution in [0.4, 0.5) is 5.69 Å². The molecule has 0 aliphatic rings. The first-order valence-electron chi connectivity index (χ1n) is 6.21. The van der Waals surface area contributed by atoms with E-state index in [1.807, 2.05) is 35.7 Å². The second-order valence-electron chi connectivity index (χ2n) is 4.52. The fraction of sp³-hybridized carbons (Fsp3) is 0.286. The molecule has 0 aliphatic carbocycles. The summed E-state index contributed by atoms with van der Waals surface area (Å²) in [7, 11) is 0. The van der Waals surface area contributed by atoms with Crippen molar-refractivity contribution < 1.29 is 0 Å². The summed E-state index contributed by atoms with van der Waals surface area (Å²) in [6.45, 7) is 4.78. The van der Waals surface area contributed by atoms with Crippen LogP contribution in [0.25, 0.3) is 0 Å². The van der Waals surface area contributed by atoms with E-state index in [9.17, 15) is 0 Å². The number of para-hydroxylation sites is 1. The van der Waals surface area contributed by atoms with Crippen LogP contribution in [0.1, 0.15) is 30.5 Å². The fourth-order valence-corrected chi connectivity index (χ4v) is 2.36. The minimum atomic E-state index is 0. The molecule has 4 nitrogen and oxygen atoms in total. The van der Waals surface area contributed by atoms with E-state index in [1.165, 1.54) is 0 Å². The van der Waals surface area contributed by atoms with Gasteiger partial charge in [0.1, 0.15) is 0 Å². The molecule has 20 heavy (non-hydrogen) atoms. The van der Waals surface area contributed by atoms with E-state index in [4.69, 9.17) is 5.73 Å². The lowest BCUT2D eigenvalue weighted by Crippen LogP contribution is -2.22. The lowest BCUT2D eigenvalue weighted by molar-refractivity contribution is 0.837. The maximum absolute atomic E-state index is 5.83. The Bertz CT molecular complexity index is 551. The third kappa shape index (κ3) is 5.09. The van der Waals surface area contributed by atoms with Gasteiger partial charge in [0.25, 0.3) is 0 Å². The standard InChI is InChI=1S/C14H18N4S.HI/c1-10(2)13-17-12(9-19-13)8-16-14(15)18-11-6-4-3-5-7-11;/h3-7,9-10H,8H2,1-2H3,(H3,15,16,18);1H. The molecule has 1 heterocycles. The normalized spacial score (nSPS) is 11.2. The van der Waals surface area contributed by atoms with Gasteiger partial charge in [-0.3, -0.25) is 0 Å². The Morgan fingerprint density at radius 1 is 1.35 bits per heavy atom. The number of hydrogen-bond donors (Lipinski definition) is 2. The first-order valence-corrected chi connectivity index (χ1v) is 7.09. The largest absolute Gasteiger partial charge is 0.370 e. The van der Waals surface area contributed by atoms with Crippen LogP contribution in [-0.2, 0) is 6.54 Å². The van der Waals surface area contributed by atoms with Crippen LogP contribution in [-0.4, -0.2) is 10.9 Å². The molecule has 0 amide bonds. The van der Waals surface area contributed by atoms with Gasteiger partial charge in [-0.1, -0.05) is 32.0 Å². The van der Waals surface area contributed by atoms with Crippen LogP contribution >= 0.6 is 35.3 Å². The molecule has 0 saturated heterocycles. The number of nitrogens with one attached hydrogen (secondary N) is 1. The highest BCUT2D eigenvalue weighted by Gasteiger charge is 2.05. The molecule has 0 bridgehead atoms. The molecule has 2 rings (SSSR count). The van der Waals surface area contributed by atoms with E-state index in [1.54, 1.807) is 11.3 Å². The van der Waals surface area contributed by atoms with Crippen molar-refractivity contribution in [2.24, 2.45) is 10.7 Å². The van der Waals surface area contributed by atoms with Gasteiger partial charge < -0.3 is 11.1 Å². The molecule has 0 saturated carbocycles. The number of aliphatic imine (C=N–C) groups is 1. The molecule has 0 spiro atoms. The van der Waals surface area contributed by atoms with Gasteiger partial charge >= 0.3 is 0 Å². The summed E-state index contributed by atoms with van der Waals surface area (Å²) < 4.78 is 0. The summed E-state index contributed by atoms with van der Waals surface area (Å²) in [6, 6.07) is 9.75. The molecule has 0 fully saturated rings. The minimum Gasteiger partial charge on any atom is -0.370 e. The molecule has 6 heteroatoms. The van der Waals surface area contributed by atoms with Crippen molar-refractivity contribution in [2.75, 3.05) is 5.32 Å². The number of benzene rings is 1. The van der Waals surface area contributed by atoms with Crippen LogP contribution in [0.2, 0.25) is 0 Å². The summed E-state index contributed by atoms with van der Waals surface area (Å²) in [6.07, 6.45) is 0. The average molecular weight is 402 g/mol. The predicted octanol–water partition coefficient (Wildman–Crippen LogP) is 3.81. The first-order chi connectivity index (χ1) is 9.15. The monoisotopic (exact) mass is 402 g/mol. The molecule has 1 aromatic heterocycles. The molecular weight excluding hydrogens is 383 g/mol. The number of nitrogens with two attached hydrogens (primary N) is 1. The topological polar surface area (TPSA) is 63.3 Å². The van der Waals surface area contributed by atoms with Gasteiger partial charge in [0, 0.05) is 17.0 Å². The molecule has 1 aromatic carbocycles. The Morgan fingerprint density at radius 2 is 2.05 bits per heavy atom. The highest BCUT2D eigenvalue weighted by atomic mass is 127. The van der Waals surface area contributed by atoms with Gasteiger partial charge in [-0.25, -0.2) is 9.98 Å². The number of guanidine groups is 1. The van der Waals surface area contributed by atoms with Crippen molar-refractivity contribution in [3.63, 3.8) is 0 Å². The number of aromatic nitrogens is 1. The maximum Gasteiger partial charge on any atom is 0.193 e. The lowest BCUT2D eigenvalue weighted by atomic mass is 10.2. The Morgan fingerprint density at radius 3 is 2.65 bits per heavy atom. The third-order valence-electron chi connectivity index (χ3n) is 2.52. The quantitative estimate of drug-likeness (QED) is 0.465. The van der Waals surface area contributed by atoms with Crippen molar-refractivity contribution in [2.45, 2.75) is 26.3 Å². The van der Waals surface area contributed by atoms with Crippen molar-refractivity contribution in [1.82, 2.24) is 4.98 Å². The first kappa shape index (κ1) is 16.9. The summed E-state index contributed by atoms with van der Waals surface area (Å²) in [5, 5.41) is 6.22. The lowest BCUT2D eigenvalue weighted by Gasteiger charge is -2.04. The molecule has 2 aromatic rings. The zero-order chi connectivity index (χ0) is 13.7. The molecular formula is C14H19IN4S. The summed E-state index contributed by atoms with van der Waals surface area (Å²) in [5.41, 5.74) is 7.73. The Labute approximate surface area is 140 Å². The van der Waals surface area contributed by atoms with Crippen LogP contribution in [0, 0.1) is 0 Å². The zero-order valence-corrected chi connectivity index (χ0v) is 14.7. The van der Waals surface area contributed by atoms with Crippen LogP contribution in [0.3, 0.4) is 0 Å². The van der Waals surface area contributed by atoms with Gasteiger partial charge in [-0.2, -0.15) is 0 Å². The van der Waals surface area contributed by atoms with Crippen molar-refractivity contribution in [3.8, 4) is 0 Å². The van der Waals surface area contributed by atoms with E-state index >= 15 is 0 Å². The second kappa shape index (κ2) is 8.21. The minimum absolute atomic E-state index is 0. The number of thiazole rings is 1. The van der Waals surface area contributed by atoms with Gasteiger partial charge in [0.05, 0.1) is 17.2 Å². The Hall–Kier alpha value is -1.15. The zero-order valence-electron chi connectivity index (χ0n) is 11.5. The average Bonchev–Trinajstić information content (AvgIpc) is 2.86. The van der Waals surface area contributed by atoms with E-state index in [0.29, 0.717) is 18.4 Å². The van der Waals surface area contributed by atoms with Crippen molar-refractivity contribution in [1.29, 1.82) is 0 Å². The van der Waals surface area contributed by atoms with Gasteiger partial charge in [-0.05, 0) is 12.1 Å². The SMILES string of the molecule is CC(C)c1nc(CN=C(N)Nc2ccccc2)cs1.I. The van der Waals surface area contributed by atoms with Gasteiger partial charge in [-0.15, -0.1) is 35.3 Å². The van der Waals surface area contributed by atoms with E-state index in [-0.39, 0.29) is 24.0 Å². The third-order valence-corrected chi connectivity index (χ3v) is 3.72. The maximum atomic E-state index is 5.83. The number of hydrogen-bond acceptors (Lipinski definition) is 3. The predicted molar refractivity (Wildman–Crippen MR) is 97.0 cm³/mol. The van der Waals surface area contributed by atoms with Crippen LogP contribution in [0.5, 0.6) is 0 Å². The fourth-order valence-electron chi connectivity index (χ4n) is 1.54. The molecule has 0 unspecified atom stereocenters. The summed E-state index contributed by atoms with van der Waals surface area (Å²) in [5.74, 6) is 0.868. The summed E-state index contributed by atoms with van der Waals surface area (Å²) >= 11 is 1.67. The molecule has 0 aliphatic heterocycles. The van der Waals surface area contributed by atoms with E-state index in [2.05, 4.69) is 29.1 Å². The van der Waals surface area contributed by atoms with E-state index in [0.717, 1.165) is 16.4 Å². The second-order valence-corrected chi connectivity index (χ2v) is 5.41. The molecule has 108 valence electrons. The molecule has 0 radical (unpaired) electrons. The number of anilines is 1. The number of halogens is 1. The Balaban J connectivity index is 0.00000200. The van der Waals surface area contributed by atoms with Crippen LogP contribution in [0.15, 0.2) is 40.7 Å². The highest BCUT2D eigenvalue weighted by molar-refractivity contribution is 14.0.